The van der Waals surface area contributed by atoms with Crippen molar-refractivity contribution in [1.82, 2.24) is 9.62 Å². The summed E-state index contributed by atoms with van der Waals surface area (Å²) in [5, 5.41) is 3.06. The van der Waals surface area contributed by atoms with Crippen molar-refractivity contribution in [2.45, 2.75) is 38.6 Å². The van der Waals surface area contributed by atoms with Gasteiger partial charge >= 0.3 is 0 Å². The molecular weight excluding hydrogens is 372 g/mol. The molecule has 6 heteroatoms. The normalized spacial score (nSPS) is 16.0. The number of rotatable bonds is 7. The van der Waals surface area contributed by atoms with Gasteiger partial charge in [-0.15, -0.1) is 0 Å². The Kier molecular flexibility index (Phi) is 6.86. The molecule has 0 radical (unpaired) electrons. The Morgan fingerprint density at radius 3 is 2.21 bits per heavy atom. The van der Waals surface area contributed by atoms with E-state index in [9.17, 15) is 13.2 Å². The SMILES string of the molecule is CCCS(=O)(=O)N1CCC(NC(=O)Cc2ccc(-c3ccccc3)cc2)CC1. The smallest absolute Gasteiger partial charge is 0.224 e. The predicted molar refractivity (Wildman–Crippen MR) is 112 cm³/mol. The first kappa shape index (κ1) is 20.6. The highest BCUT2D eigenvalue weighted by Gasteiger charge is 2.27. The maximum atomic E-state index is 12.4. The summed E-state index contributed by atoms with van der Waals surface area (Å²) >= 11 is 0. The zero-order valence-corrected chi connectivity index (χ0v) is 17.1. The van der Waals surface area contributed by atoms with Gasteiger partial charge in [0.2, 0.25) is 15.9 Å². The van der Waals surface area contributed by atoms with Gasteiger partial charge in [-0.25, -0.2) is 12.7 Å². The highest BCUT2D eigenvalue weighted by Crippen LogP contribution is 2.20. The molecule has 2 aromatic rings. The van der Waals surface area contributed by atoms with Crippen LogP contribution in [0.25, 0.3) is 11.1 Å². The van der Waals surface area contributed by atoms with E-state index in [0.717, 1.165) is 16.7 Å². The van der Waals surface area contributed by atoms with Crippen molar-refractivity contribution in [1.29, 1.82) is 0 Å². The molecule has 0 spiro atoms. The van der Waals surface area contributed by atoms with Crippen LogP contribution in [0.15, 0.2) is 54.6 Å². The zero-order chi connectivity index (χ0) is 20.0. The quantitative estimate of drug-likeness (QED) is 0.776. The molecule has 1 amide bonds. The van der Waals surface area contributed by atoms with Crippen molar-refractivity contribution in [2.75, 3.05) is 18.8 Å². The third-order valence-corrected chi connectivity index (χ3v) is 7.18. The monoisotopic (exact) mass is 400 g/mol. The molecule has 0 bridgehead atoms. The van der Waals surface area contributed by atoms with Gasteiger partial charge in [-0.05, 0) is 36.0 Å². The first-order valence-corrected chi connectivity index (χ1v) is 11.5. The van der Waals surface area contributed by atoms with E-state index < -0.39 is 10.0 Å². The van der Waals surface area contributed by atoms with Gasteiger partial charge in [0.05, 0.1) is 12.2 Å². The van der Waals surface area contributed by atoms with Crippen molar-refractivity contribution < 1.29 is 13.2 Å². The summed E-state index contributed by atoms with van der Waals surface area (Å²) in [4.78, 5) is 12.4. The Labute approximate surface area is 167 Å². The molecule has 1 saturated heterocycles. The number of sulfonamides is 1. The molecular formula is C22H28N2O3S. The molecule has 0 atom stereocenters. The standard InChI is InChI=1S/C22H28N2O3S/c1-2-16-28(26,27)24-14-12-21(13-15-24)23-22(25)17-18-8-10-20(11-9-18)19-6-4-3-5-7-19/h3-11,21H,2,12-17H2,1H3,(H,23,25). The number of nitrogens with zero attached hydrogens (tertiary/aromatic N) is 1. The molecule has 0 aromatic heterocycles. The van der Waals surface area contributed by atoms with Crippen LogP contribution in [0.5, 0.6) is 0 Å². The summed E-state index contributed by atoms with van der Waals surface area (Å²) in [7, 11) is -3.14. The predicted octanol–water partition coefficient (Wildman–Crippen LogP) is 3.22. The first-order chi connectivity index (χ1) is 13.5. The van der Waals surface area contributed by atoms with Crippen LogP contribution in [0.2, 0.25) is 0 Å². The van der Waals surface area contributed by atoms with Gasteiger partial charge in [0.25, 0.3) is 0 Å². The van der Waals surface area contributed by atoms with E-state index in [-0.39, 0.29) is 17.7 Å². The van der Waals surface area contributed by atoms with E-state index in [1.165, 1.54) is 0 Å². The summed E-state index contributed by atoms with van der Waals surface area (Å²) < 4.78 is 25.8. The minimum absolute atomic E-state index is 0.0117. The van der Waals surface area contributed by atoms with E-state index >= 15 is 0 Å². The Balaban J connectivity index is 1.49. The van der Waals surface area contributed by atoms with Gasteiger partial charge in [0.15, 0.2) is 0 Å². The largest absolute Gasteiger partial charge is 0.353 e. The number of hydrogen-bond acceptors (Lipinski definition) is 3. The molecule has 150 valence electrons. The van der Waals surface area contributed by atoms with Gasteiger partial charge in [-0.2, -0.15) is 0 Å². The van der Waals surface area contributed by atoms with Gasteiger partial charge in [-0.3, -0.25) is 4.79 Å². The highest BCUT2D eigenvalue weighted by atomic mass is 32.2. The molecule has 1 N–H and O–H groups in total. The third kappa shape index (κ3) is 5.42. The summed E-state index contributed by atoms with van der Waals surface area (Å²) in [5.74, 6) is 0.186. The van der Waals surface area contributed by atoms with Crippen molar-refractivity contribution in [3.8, 4) is 11.1 Å². The molecule has 3 rings (SSSR count). The molecule has 2 aromatic carbocycles. The average Bonchev–Trinajstić information content (AvgIpc) is 2.69. The van der Waals surface area contributed by atoms with E-state index in [2.05, 4.69) is 17.4 Å². The van der Waals surface area contributed by atoms with Crippen LogP contribution in [0.3, 0.4) is 0 Å². The Bertz CT molecular complexity index is 872. The fraction of sp³-hybridized carbons (Fsp3) is 0.409. The van der Waals surface area contributed by atoms with Gasteiger partial charge in [0, 0.05) is 19.1 Å². The van der Waals surface area contributed by atoms with Gasteiger partial charge in [-0.1, -0.05) is 61.5 Å². The molecule has 1 aliphatic rings. The molecule has 1 heterocycles. The Morgan fingerprint density at radius 1 is 1.00 bits per heavy atom. The molecule has 0 unspecified atom stereocenters. The zero-order valence-electron chi connectivity index (χ0n) is 16.3. The van der Waals surface area contributed by atoms with Crippen LogP contribution in [0.1, 0.15) is 31.7 Å². The highest BCUT2D eigenvalue weighted by molar-refractivity contribution is 7.89. The molecule has 1 aliphatic heterocycles. The lowest BCUT2D eigenvalue weighted by Crippen LogP contribution is -2.47. The van der Waals surface area contributed by atoms with Gasteiger partial charge in [0.1, 0.15) is 0 Å². The minimum Gasteiger partial charge on any atom is -0.353 e. The summed E-state index contributed by atoms with van der Waals surface area (Å²) in [6.45, 7) is 2.84. The van der Waals surface area contributed by atoms with Crippen LogP contribution in [0, 0.1) is 0 Å². The van der Waals surface area contributed by atoms with E-state index in [1.54, 1.807) is 4.31 Å². The van der Waals surface area contributed by atoms with E-state index in [1.807, 2.05) is 49.4 Å². The number of nitrogens with one attached hydrogen (secondary N) is 1. The first-order valence-electron chi connectivity index (χ1n) is 9.89. The fourth-order valence-electron chi connectivity index (χ4n) is 3.58. The summed E-state index contributed by atoms with van der Waals surface area (Å²) in [6.07, 6.45) is 2.30. The topological polar surface area (TPSA) is 66.5 Å². The van der Waals surface area contributed by atoms with Crippen LogP contribution >= 0.6 is 0 Å². The second kappa shape index (κ2) is 9.34. The van der Waals surface area contributed by atoms with Crippen LogP contribution in [-0.4, -0.2) is 43.5 Å². The average molecular weight is 401 g/mol. The number of carbonyl (C=O) groups excluding carboxylic acids is 1. The second-order valence-electron chi connectivity index (χ2n) is 7.30. The maximum Gasteiger partial charge on any atom is 0.224 e. The van der Waals surface area contributed by atoms with E-state index in [4.69, 9.17) is 0 Å². The van der Waals surface area contributed by atoms with Crippen molar-refractivity contribution in [2.24, 2.45) is 0 Å². The Hall–Kier alpha value is -2.18. The number of hydrogen-bond donors (Lipinski definition) is 1. The maximum absolute atomic E-state index is 12.4. The molecule has 0 saturated carbocycles. The number of carbonyl (C=O) groups is 1. The lowest BCUT2D eigenvalue weighted by atomic mass is 10.0. The van der Waals surface area contributed by atoms with Crippen LogP contribution in [-0.2, 0) is 21.2 Å². The number of amides is 1. The lowest BCUT2D eigenvalue weighted by Gasteiger charge is -2.31. The van der Waals surface area contributed by atoms with Gasteiger partial charge < -0.3 is 5.32 Å². The van der Waals surface area contributed by atoms with E-state index in [0.29, 0.717) is 38.8 Å². The lowest BCUT2D eigenvalue weighted by molar-refractivity contribution is -0.121. The number of piperidine rings is 1. The van der Waals surface area contributed by atoms with Crippen molar-refractivity contribution in [3.63, 3.8) is 0 Å². The summed E-state index contributed by atoms with van der Waals surface area (Å²) in [5.41, 5.74) is 3.26. The van der Waals surface area contributed by atoms with Crippen LogP contribution < -0.4 is 5.32 Å². The summed E-state index contributed by atoms with van der Waals surface area (Å²) in [6, 6.07) is 18.2. The second-order valence-corrected chi connectivity index (χ2v) is 9.39. The van der Waals surface area contributed by atoms with Crippen LogP contribution in [0.4, 0.5) is 0 Å². The Morgan fingerprint density at radius 2 is 1.61 bits per heavy atom. The minimum atomic E-state index is -3.14. The van der Waals surface area contributed by atoms with Crippen molar-refractivity contribution >= 4 is 15.9 Å². The molecule has 0 aliphatic carbocycles. The third-order valence-electron chi connectivity index (χ3n) is 5.10. The molecule has 1 fully saturated rings. The van der Waals surface area contributed by atoms with Crippen molar-refractivity contribution in [3.05, 3.63) is 60.2 Å². The molecule has 5 nitrogen and oxygen atoms in total. The number of benzene rings is 2. The molecule has 28 heavy (non-hydrogen) atoms. The fourth-order valence-corrected chi connectivity index (χ4v) is 5.12.